The lowest BCUT2D eigenvalue weighted by Crippen LogP contribution is -2.38. The maximum Gasteiger partial charge on any atom is 0.312 e. The number of hydrogen-bond donors (Lipinski definition) is 2. The fourth-order valence-electron chi connectivity index (χ4n) is 6.25. The average molecular weight is 519 g/mol. The molecule has 1 fully saturated rings. The molecule has 0 aromatic heterocycles. The first-order chi connectivity index (χ1) is 18.0. The Bertz CT molecular complexity index is 1230. The van der Waals surface area contributed by atoms with Crippen LogP contribution < -0.4 is 0 Å². The van der Waals surface area contributed by atoms with Gasteiger partial charge in [0.05, 0.1) is 16.9 Å². The molecule has 1 aliphatic rings. The second kappa shape index (κ2) is 11.4. The molecule has 2 N–H and O–H groups in total. The van der Waals surface area contributed by atoms with Gasteiger partial charge in [-0.05, 0) is 105 Å². The first-order valence-electron chi connectivity index (χ1n) is 14.0. The van der Waals surface area contributed by atoms with Crippen LogP contribution in [-0.2, 0) is 20.9 Å². The van der Waals surface area contributed by atoms with Crippen molar-refractivity contribution in [2.24, 2.45) is 22.7 Å². The van der Waals surface area contributed by atoms with Crippen LogP contribution in [-0.4, -0.2) is 28.3 Å². The van der Waals surface area contributed by atoms with Crippen LogP contribution in [0.15, 0.2) is 54.6 Å². The second-order valence-corrected chi connectivity index (χ2v) is 12.2. The van der Waals surface area contributed by atoms with Gasteiger partial charge in [0.25, 0.3) is 0 Å². The van der Waals surface area contributed by atoms with E-state index in [1.165, 1.54) is 0 Å². The summed E-state index contributed by atoms with van der Waals surface area (Å²) in [6.45, 7) is 7.71. The van der Waals surface area contributed by atoms with Crippen LogP contribution in [0.25, 0.3) is 21.5 Å². The Morgan fingerprint density at radius 2 is 1.47 bits per heavy atom. The molecule has 0 aliphatic heterocycles. The van der Waals surface area contributed by atoms with E-state index in [1.807, 2.05) is 38.1 Å². The van der Waals surface area contributed by atoms with E-state index in [-0.39, 0.29) is 30.5 Å². The van der Waals surface area contributed by atoms with Crippen LogP contribution >= 0.6 is 0 Å². The minimum absolute atomic E-state index is 0.0597. The number of benzene rings is 3. The van der Waals surface area contributed by atoms with E-state index in [0.717, 1.165) is 52.8 Å². The molecule has 204 valence electrons. The Morgan fingerprint density at radius 3 is 2.00 bits per heavy atom. The van der Waals surface area contributed by atoms with Crippen molar-refractivity contribution in [3.05, 3.63) is 60.2 Å². The van der Waals surface area contributed by atoms with Gasteiger partial charge in [-0.3, -0.25) is 9.59 Å². The maximum absolute atomic E-state index is 13.7. The van der Waals surface area contributed by atoms with Gasteiger partial charge in [-0.15, -0.1) is 0 Å². The molecule has 3 aromatic carbocycles. The molecule has 0 amide bonds. The third-order valence-corrected chi connectivity index (χ3v) is 8.98. The van der Waals surface area contributed by atoms with Crippen molar-refractivity contribution >= 4 is 33.5 Å². The summed E-state index contributed by atoms with van der Waals surface area (Å²) in [7, 11) is 0. The van der Waals surface area contributed by atoms with Crippen molar-refractivity contribution in [2.45, 2.75) is 85.4 Å². The lowest BCUT2D eigenvalue weighted by Gasteiger charge is -2.39. The molecule has 5 heteroatoms. The zero-order valence-electron chi connectivity index (χ0n) is 23.2. The standard InChI is InChI=1S/C33H42O5/c1-5-33(4,20-25(19-32(2,3)30(35)36)22-14-16-26(34)17-15-22)31(37)38-21-29-27-12-8-6-10-23(27)18-24-11-7-9-13-28(24)29/h6-13,18,22,25-26,34H,5,14-17,19-21H2,1-4H3,(H,35,36). The molecule has 0 saturated heterocycles. The number of aliphatic hydroxyl groups excluding tert-OH is 1. The van der Waals surface area contributed by atoms with Crippen LogP contribution in [0, 0.1) is 22.7 Å². The van der Waals surface area contributed by atoms with Crippen LogP contribution in [0.1, 0.15) is 78.2 Å². The summed E-state index contributed by atoms with van der Waals surface area (Å²) in [5.41, 5.74) is -0.605. The second-order valence-electron chi connectivity index (χ2n) is 12.2. The molecular weight excluding hydrogens is 476 g/mol. The highest BCUT2D eigenvalue weighted by atomic mass is 16.5. The van der Waals surface area contributed by atoms with Crippen molar-refractivity contribution in [1.82, 2.24) is 0 Å². The molecule has 0 radical (unpaired) electrons. The zero-order valence-corrected chi connectivity index (χ0v) is 23.2. The van der Waals surface area contributed by atoms with Crippen LogP contribution in [0.4, 0.5) is 0 Å². The lowest BCUT2D eigenvalue weighted by atomic mass is 9.66. The molecule has 5 nitrogen and oxygen atoms in total. The number of carbonyl (C=O) groups excluding carboxylic acids is 1. The van der Waals surface area contributed by atoms with Gasteiger partial charge in [0.1, 0.15) is 6.61 Å². The Labute approximate surface area is 226 Å². The average Bonchev–Trinajstić information content (AvgIpc) is 2.90. The molecular formula is C33H42O5. The lowest BCUT2D eigenvalue weighted by molar-refractivity contribution is -0.158. The van der Waals surface area contributed by atoms with Gasteiger partial charge in [0, 0.05) is 5.56 Å². The zero-order chi connectivity index (χ0) is 27.5. The summed E-state index contributed by atoms with van der Waals surface area (Å²) < 4.78 is 6.09. The number of rotatable bonds is 10. The molecule has 1 saturated carbocycles. The van der Waals surface area contributed by atoms with Crippen molar-refractivity contribution < 1.29 is 24.5 Å². The molecule has 3 aromatic rings. The number of aliphatic carboxylic acids is 1. The quantitative estimate of drug-likeness (QED) is 0.214. The normalized spacial score (nSPS) is 20.7. The topological polar surface area (TPSA) is 83.8 Å². The van der Waals surface area contributed by atoms with E-state index in [0.29, 0.717) is 19.3 Å². The van der Waals surface area contributed by atoms with Gasteiger partial charge in [0.2, 0.25) is 0 Å². The first-order valence-corrected chi connectivity index (χ1v) is 14.0. The van der Waals surface area contributed by atoms with Gasteiger partial charge in [0.15, 0.2) is 0 Å². The summed E-state index contributed by atoms with van der Waals surface area (Å²) in [4.78, 5) is 25.7. The number of hydrogen-bond acceptors (Lipinski definition) is 4. The van der Waals surface area contributed by atoms with E-state index >= 15 is 0 Å². The van der Waals surface area contributed by atoms with Crippen molar-refractivity contribution in [1.29, 1.82) is 0 Å². The number of ether oxygens (including phenoxy) is 1. The summed E-state index contributed by atoms with van der Waals surface area (Å²) in [5, 5.41) is 24.3. The molecule has 38 heavy (non-hydrogen) atoms. The minimum atomic E-state index is -0.888. The third-order valence-electron chi connectivity index (χ3n) is 8.98. The largest absolute Gasteiger partial charge is 0.481 e. The number of carbonyl (C=O) groups is 2. The number of esters is 1. The first kappa shape index (κ1) is 28.1. The van der Waals surface area contributed by atoms with Crippen molar-refractivity contribution in [3.8, 4) is 0 Å². The van der Waals surface area contributed by atoms with Gasteiger partial charge in [-0.2, -0.15) is 0 Å². The highest BCUT2D eigenvalue weighted by Crippen LogP contribution is 2.44. The predicted molar refractivity (Wildman–Crippen MR) is 152 cm³/mol. The Morgan fingerprint density at radius 1 is 0.921 bits per heavy atom. The Kier molecular flexibility index (Phi) is 8.46. The van der Waals surface area contributed by atoms with Crippen LogP contribution in [0.3, 0.4) is 0 Å². The smallest absolute Gasteiger partial charge is 0.312 e. The summed E-state index contributed by atoms with van der Waals surface area (Å²) in [6.07, 6.45) is 4.60. The van der Waals surface area contributed by atoms with Gasteiger partial charge in [-0.1, -0.05) is 55.5 Å². The van der Waals surface area contributed by atoms with E-state index in [1.54, 1.807) is 13.8 Å². The van der Waals surface area contributed by atoms with E-state index in [4.69, 9.17) is 4.74 Å². The molecule has 0 heterocycles. The molecule has 2 atom stereocenters. The Hall–Kier alpha value is -2.92. The molecule has 0 spiro atoms. The molecule has 2 unspecified atom stereocenters. The molecule has 0 bridgehead atoms. The number of carboxylic acid groups (broad SMARTS) is 1. The molecule has 1 aliphatic carbocycles. The number of aliphatic hydroxyl groups is 1. The third kappa shape index (κ3) is 6.04. The Balaban J connectivity index is 1.58. The summed E-state index contributed by atoms with van der Waals surface area (Å²) in [5.74, 6) is -0.699. The monoisotopic (exact) mass is 518 g/mol. The van der Waals surface area contributed by atoms with Gasteiger partial charge in [-0.25, -0.2) is 0 Å². The highest BCUT2D eigenvalue weighted by Gasteiger charge is 2.42. The summed E-state index contributed by atoms with van der Waals surface area (Å²) in [6, 6.07) is 18.5. The van der Waals surface area contributed by atoms with E-state index in [2.05, 4.69) is 30.3 Å². The van der Waals surface area contributed by atoms with Crippen molar-refractivity contribution in [3.63, 3.8) is 0 Å². The van der Waals surface area contributed by atoms with Crippen LogP contribution in [0.2, 0.25) is 0 Å². The highest BCUT2D eigenvalue weighted by molar-refractivity contribution is 6.02. The number of fused-ring (bicyclic) bond motifs is 2. The number of carboxylic acids is 1. The fourth-order valence-corrected chi connectivity index (χ4v) is 6.25. The minimum Gasteiger partial charge on any atom is -0.481 e. The van der Waals surface area contributed by atoms with Crippen molar-refractivity contribution in [2.75, 3.05) is 0 Å². The van der Waals surface area contributed by atoms with Gasteiger partial charge >= 0.3 is 11.9 Å². The van der Waals surface area contributed by atoms with E-state index < -0.39 is 16.8 Å². The predicted octanol–water partition coefficient (Wildman–Crippen LogP) is 7.51. The summed E-state index contributed by atoms with van der Waals surface area (Å²) >= 11 is 0. The maximum atomic E-state index is 13.7. The SMILES string of the molecule is CCC(C)(CC(CC(C)(C)C(=O)O)C1CCC(O)CC1)C(=O)OCc1c2ccccc2cc2ccccc12. The van der Waals surface area contributed by atoms with Gasteiger partial charge < -0.3 is 14.9 Å². The molecule has 4 rings (SSSR count). The fraction of sp³-hybridized carbons (Fsp3) is 0.515. The van der Waals surface area contributed by atoms with E-state index in [9.17, 15) is 19.8 Å². The van der Waals surface area contributed by atoms with Crippen LogP contribution in [0.5, 0.6) is 0 Å².